The fraction of sp³-hybridized carbons (Fsp3) is 0.455. The Bertz CT molecular complexity index is 588. The number of sulfonamides is 1. The van der Waals surface area contributed by atoms with Gasteiger partial charge in [-0.05, 0) is 13.0 Å². The first-order valence-electron chi connectivity index (χ1n) is 5.80. The van der Waals surface area contributed by atoms with Crippen LogP contribution in [0.1, 0.15) is 6.92 Å². The summed E-state index contributed by atoms with van der Waals surface area (Å²) in [5.74, 6) is 0. The normalized spacial score (nSPS) is 12.9. The van der Waals surface area contributed by atoms with Gasteiger partial charge in [-0.15, -0.1) is 0 Å². The summed E-state index contributed by atoms with van der Waals surface area (Å²) < 4.78 is 31.7. The molecular formula is C11H17N3O5S. The van der Waals surface area contributed by atoms with Crippen LogP contribution in [0.15, 0.2) is 23.1 Å². The minimum Gasteiger partial charge on any atom is -0.387 e. The van der Waals surface area contributed by atoms with E-state index in [9.17, 15) is 18.5 Å². The molecule has 0 aliphatic heterocycles. The molecule has 112 valence electrons. The van der Waals surface area contributed by atoms with Crippen LogP contribution in [0.5, 0.6) is 0 Å². The summed E-state index contributed by atoms with van der Waals surface area (Å²) in [6.45, 7) is 1.78. The molecule has 1 rings (SSSR count). The van der Waals surface area contributed by atoms with Crippen LogP contribution in [0.4, 0.5) is 11.4 Å². The molecule has 9 heteroatoms. The van der Waals surface area contributed by atoms with E-state index in [1.54, 1.807) is 6.92 Å². The van der Waals surface area contributed by atoms with Crippen molar-refractivity contribution >= 4 is 21.4 Å². The molecule has 20 heavy (non-hydrogen) atoms. The van der Waals surface area contributed by atoms with Crippen molar-refractivity contribution in [1.82, 2.24) is 4.72 Å². The van der Waals surface area contributed by atoms with E-state index >= 15 is 0 Å². The maximum Gasteiger partial charge on any atom is 0.270 e. The molecule has 1 aromatic carbocycles. The first-order chi connectivity index (χ1) is 9.31. The van der Waals surface area contributed by atoms with Gasteiger partial charge in [0.05, 0.1) is 16.7 Å². The standard InChI is InChI=1S/C11H17N3O5S/c1-8(19-3)7-13-20(17,18)11-6-9(14(15)16)4-5-10(11)12-2/h4-6,8,12-13H,7H2,1-3H3. The van der Waals surface area contributed by atoms with Gasteiger partial charge in [0.15, 0.2) is 0 Å². The summed E-state index contributed by atoms with van der Waals surface area (Å²) >= 11 is 0. The number of nitro groups is 1. The minimum atomic E-state index is -3.86. The summed E-state index contributed by atoms with van der Waals surface area (Å²) in [4.78, 5) is 9.93. The van der Waals surface area contributed by atoms with E-state index in [1.165, 1.54) is 26.3 Å². The SMILES string of the molecule is CNc1ccc([N+](=O)[O-])cc1S(=O)(=O)NCC(C)OC. The zero-order valence-corrected chi connectivity index (χ0v) is 12.2. The number of non-ortho nitro benzene ring substituents is 1. The summed E-state index contributed by atoms with van der Waals surface area (Å²) in [6.07, 6.45) is -0.304. The fourth-order valence-corrected chi connectivity index (χ4v) is 2.79. The maximum absolute atomic E-state index is 12.2. The molecule has 0 fully saturated rings. The second kappa shape index (κ2) is 6.64. The molecule has 0 aliphatic carbocycles. The van der Waals surface area contributed by atoms with Crippen molar-refractivity contribution in [3.8, 4) is 0 Å². The lowest BCUT2D eigenvalue weighted by Gasteiger charge is -2.13. The third-order valence-electron chi connectivity index (χ3n) is 2.70. The number of rotatable bonds is 7. The number of nitrogens with zero attached hydrogens (tertiary/aromatic N) is 1. The van der Waals surface area contributed by atoms with E-state index in [-0.39, 0.29) is 28.9 Å². The van der Waals surface area contributed by atoms with E-state index in [4.69, 9.17) is 4.74 Å². The molecule has 0 saturated heterocycles. The molecule has 0 amide bonds. The molecule has 0 aromatic heterocycles. The predicted molar refractivity (Wildman–Crippen MR) is 74.3 cm³/mol. The van der Waals surface area contributed by atoms with Gasteiger partial charge in [0.25, 0.3) is 5.69 Å². The molecular weight excluding hydrogens is 286 g/mol. The lowest BCUT2D eigenvalue weighted by Crippen LogP contribution is -2.32. The van der Waals surface area contributed by atoms with Crippen LogP contribution in [-0.2, 0) is 14.8 Å². The average Bonchev–Trinajstić information content (AvgIpc) is 2.43. The second-order valence-corrected chi connectivity index (χ2v) is 5.82. The Morgan fingerprint density at radius 2 is 2.10 bits per heavy atom. The zero-order chi connectivity index (χ0) is 15.3. The first-order valence-corrected chi connectivity index (χ1v) is 7.28. The summed E-state index contributed by atoms with van der Waals surface area (Å²) in [7, 11) is -0.858. The highest BCUT2D eigenvalue weighted by Gasteiger charge is 2.22. The Labute approximate surface area is 117 Å². The number of ether oxygens (including phenoxy) is 1. The average molecular weight is 303 g/mol. The van der Waals surface area contributed by atoms with Gasteiger partial charge in [0, 0.05) is 32.8 Å². The van der Waals surface area contributed by atoms with Gasteiger partial charge in [-0.25, -0.2) is 13.1 Å². The van der Waals surface area contributed by atoms with Crippen LogP contribution < -0.4 is 10.0 Å². The smallest absolute Gasteiger partial charge is 0.270 e. The Kier molecular flexibility index (Phi) is 5.43. The second-order valence-electron chi connectivity index (χ2n) is 4.09. The molecule has 2 N–H and O–H groups in total. The zero-order valence-electron chi connectivity index (χ0n) is 11.4. The molecule has 1 aromatic rings. The van der Waals surface area contributed by atoms with Crippen LogP contribution in [0.25, 0.3) is 0 Å². The lowest BCUT2D eigenvalue weighted by atomic mass is 10.3. The first kappa shape index (κ1) is 16.3. The Morgan fingerprint density at radius 1 is 1.45 bits per heavy atom. The molecule has 0 bridgehead atoms. The van der Waals surface area contributed by atoms with Crippen LogP contribution >= 0.6 is 0 Å². The van der Waals surface area contributed by atoms with Gasteiger partial charge in [-0.1, -0.05) is 0 Å². The quantitative estimate of drug-likeness (QED) is 0.573. The highest BCUT2D eigenvalue weighted by Crippen LogP contribution is 2.25. The van der Waals surface area contributed by atoms with Crippen LogP contribution in [0.3, 0.4) is 0 Å². The highest BCUT2D eigenvalue weighted by molar-refractivity contribution is 7.89. The van der Waals surface area contributed by atoms with E-state index in [2.05, 4.69) is 10.0 Å². The van der Waals surface area contributed by atoms with Crippen LogP contribution in [0.2, 0.25) is 0 Å². The molecule has 0 heterocycles. The minimum absolute atomic E-state index is 0.0741. The van der Waals surface area contributed by atoms with Gasteiger partial charge >= 0.3 is 0 Å². The Balaban J connectivity index is 3.14. The Morgan fingerprint density at radius 3 is 2.60 bits per heavy atom. The van der Waals surface area contributed by atoms with Crippen molar-refractivity contribution in [1.29, 1.82) is 0 Å². The van der Waals surface area contributed by atoms with Gasteiger partial charge in [0.1, 0.15) is 4.90 Å². The predicted octanol–water partition coefficient (Wildman–Crippen LogP) is 0.950. The molecule has 0 spiro atoms. The fourth-order valence-electron chi connectivity index (χ4n) is 1.44. The summed E-state index contributed by atoms with van der Waals surface area (Å²) in [5, 5.41) is 13.4. The van der Waals surface area contributed by atoms with Crippen molar-refractivity contribution in [3.63, 3.8) is 0 Å². The molecule has 0 radical (unpaired) electrons. The maximum atomic E-state index is 12.2. The van der Waals surface area contributed by atoms with E-state index in [0.717, 1.165) is 6.07 Å². The molecule has 0 aliphatic rings. The third kappa shape index (κ3) is 3.89. The molecule has 0 saturated carbocycles. The van der Waals surface area contributed by atoms with Crippen molar-refractivity contribution in [3.05, 3.63) is 28.3 Å². The van der Waals surface area contributed by atoms with Crippen molar-refractivity contribution in [2.24, 2.45) is 0 Å². The lowest BCUT2D eigenvalue weighted by molar-refractivity contribution is -0.385. The summed E-state index contributed by atoms with van der Waals surface area (Å²) in [5.41, 5.74) is -0.00247. The van der Waals surface area contributed by atoms with Gasteiger partial charge < -0.3 is 10.1 Å². The number of nitro benzene ring substituents is 1. The molecule has 1 atom stereocenters. The van der Waals surface area contributed by atoms with Crippen molar-refractivity contribution < 1.29 is 18.1 Å². The number of anilines is 1. The number of methoxy groups -OCH3 is 1. The van der Waals surface area contributed by atoms with E-state index in [1.807, 2.05) is 0 Å². The highest BCUT2D eigenvalue weighted by atomic mass is 32.2. The molecule has 1 unspecified atom stereocenters. The largest absolute Gasteiger partial charge is 0.387 e. The van der Waals surface area contributed by atoms with Crippen molar-refractivity contribution in [2.75, 3.05) is 26.0 Å². The van der Waals surface area contributed by atoms with E-state index in [0.29, 0.717) is 0 Å². The van der Waals surface area contributed by atoms with Gasteiger partial charge in [-0.2, -0.15) is 0 Å². The van der Waals surface area contributed by atoms with Gasteiger partial charge in [0.2, 0.25) is 10.0 Å². The number of hydrogen-bond acceptors (Lipinski definition) is 6. The number of nitrogens with one attached hydrogen (secondary N) is 2. The van der Waals surface area contributed by atoms with Crippen molar-refractivity contribution in [2.45, 2.75) is 17.9 Å². The molecule has 8 nitrogen and oxygen atoms in total. The Hall–Kier alpha value is -1.71. The summed E-state index contributed by atoms with van der Waals surface area (Å²) in [6, 6.07) is 3.61. The van der Waals surface area contributed by atoms with Crippen LogP contribution in [0, 0.1) is 10.1 Å². The number of benzene rings is 1. The van der Waals surface area contributed by atoms with Gasteiger partial charge in [-0.3, -0.25) is 10.1 Å². The monoisotopic (exact) mass is 303 g/mol. The van der Waals surface area contributed by atoms with E-state index < -0.39 is 14.9 Å². The third-order valence-corrected chi connectivity index (χ3v) is 4.16. The van der Waals surface area contributed by atoms with Crippen LogP contribution in [-0.4, -0.2) is 40.1 Å². The number of hydrogen-bond donors (Lipinski definition) is 2. The topological polar surface area (TPSA) is 111 Å².